The Labute approximate surface area is 159 Å². The summed E-state index contributed by atoms with van der Waals surface area (Å²) < 4.78 is 38.5. The number of phenols is 1. The van der Waals surface area contributed by atoms with Gasteiger partial charge in [-0.25, -0.2) is 0 Å². The molecule has 1 atom stereocenters. The number of nitrogens with one attached hydrogen (secondary N) is 1. The molecule has 0 aliphatic rings. The molecule has 2 aromatic heterocycles. The van der Waals surface area contributed by atoms with Gasteiger partial charge in [0.25, 0.3) is 0 Å². The molecule has 0 radical (unpaired) electrons. The highest BCUT2D eigenvalue weighted by atomic mass is 19.4. The Morgan fingerprint density at radius 3 is 2.39 bits per heavy atom. The molecule has 6 nitrogen and oxygen atoms in total. The van der Waals surface area contributed by atoms with Crippen molar-refractivity contribution in [2.45, 2.75) is 38.6 Å². The topological polar surface area (TPSA) is 91.2 Å². The lowest BCUT2D eigenvalue weighted by Crippen LogP contribution is -2.39. The Bertz CT molecular complexity index is 1020. The summed E-state index contributed by atoms with van der Waals surface area (Å²) in [7, 11) is 0. The van der Waals surface area contributed by atoms with Crippen LogP contribution in [0.15, 0.2) is 36.7 Å². The third-order valence-corrected chi connectivity index (χ3v) is 4.57. The highest BCUT2D eigenvalue weighted by Crippen LogP contribution is 2.38. The van der Waals surface area contributed by atoms with Crippen LogP contribution in [0.25, 0.3) is 22.0 Å². The van der Waals surface area contributed by atoms with Crippen LogP contribution in [0.3, 0.4) is 0 Å². The van der Waals surface area contributed by atoms with E-state index in [2.05, 4.69) is 20.5 Å². The second-order valence-corrected chi connectivity index (χ2v) is 7.07. The van der Waals surface area contributed by atoms with Gasteiger partial charge in [0.2, 0.25) is 0 Å². The molecule has 28 heavy (non-hydrogen) atoms. The van der Waals surface area contributed by atoms with Gasteiger partial charge in [-0.2, -0.15) is 13.2 Å². The highest BCUT2D eigenvalue weighted by molar-refractivity contribution is 6.00. The minimum absolute atomic E-state index is 0.124. The molecule has 148 valence electrons. The normalized spacial score (nSPS) is 13.5. The number of aliphatic hydroxyl groups is 1. The molecule has 3 aromatic rings. The van der Waals surface area contributed by atoms with Crippen LogP contribution in [0.2, 0.25) is 0 Å². The number of nitrogens with zero attached hydrogens (tertiary/aromatic N) is 3. The van der Waals surface area contributed by atoms with Gasteiger partial charge >= 0.3 is 6.18 Å². The maximum absolute atomic E-state index is 12.8. The van der Waals surface area contributed by atoms with E-state index < -0.39 is 23.1 Å². The molecule has 0 saturated carbocycles. The Hall–Kier alpha value is -2.94. The van der Waals surface area contributed by atoms with Crippen molar-refractivity contribution in [3.63, 3.8) is 0 Å². The first-order valence-corrected chi connectivity index (χ1v) is 8.48. The quantitative estimate of drug-likeness (QED) is 0.622. The fourth-order valence-corrected chi connectivity index (χ4v) is 2.59. The Morgan fingerprint density at radius 2 is 1.79 bits per heavy atom. The molecule has 0 fully saturated rings. The molecule has 0 aliphatic carbocycles. The van der Waals surface area contributed by atoms with E-state index in [0.29, 0.717) is 22.7 Å². The van der Waals surface area contributed by atoms with Gasteiger partial charge in [0.15, 0.2) is 5.82 Å². The van der Waals surface area contributed by atoms with Gasteiger partial charge in [-0.1, -0.05) is 0 Å². The Balaban J connectivity index is 2.11. The molecular formula is C19H19F3N4O2. The minimum atomic E-state index is -4.56. The van der Waals surface area contributed by atoms with Crippen molar-refractivity contribution in [2.75, 3.05) is 5.32 Å². The van der Waals surface area contributed by atoms with Crippen LogP contribution >= 0.6 is 0 Å². The lowest BCUT2D eigenvalue weighted by molar-refractivity contribution is -0.137. The zero-order valence-electron chi connectivity index (χ0n) is 15.4. The zero-order valence-corrected chi connectivity index (χ0v) is 15.4. The maximum Gasteiger partial charge on any atom is 0.416 e. The minimum Gasteiger partial charge on any atom is -0.507 e. The van der Waals surface area contributed by atoms with E-state index in [9.17, 15) is 23.4 Å². The van der Waals surface area contributed by atoms with E-state index in [4.69, 9.17) is 0 Å². The number of halogens is 3. The molecule has 0 bridgehead atoms. The number of benzene rings is 1. The van der Waals surface area contributed by atoms with Crippen LogP contribution in [0, 0.1) is 0 Å². The summed E-state index contributed by atoms with van der Waals surface area (Å²) in [5.41, 5.74) is -1.63. The highest BCUT2D eigenvalue weighted by Gasteiger charge is 2.31. The number of fused-ring (bicyclic) bond motifs is 1. The van der Waals surface area contributed by atoms with Gasteiger partial charge in [0.1, 0.15) is 11.4 Å². The largest absolute Gasteiger partial charge is 0.507 e. The fraction of sp³-hybridized carbons (Fsp3) is 0.316. The van der Waals surface area contributed by atoms with Crippen molar-refractivity contribution in [2.24, 2.45) is 0 Å². The average Bonchev–Trinajstić information content (AvgIpc) is 2.60. The summed E-state index contributed by atoms with van der Waals surface area (Å²) in [6, 6.07) is 3.97. The molecule has 3 N–H and O–H groups in total. The van der Waals surface area contributed by atoms with Crippen LogP contribution in [-0.2, 0) is 6.18 Å². The third-order valence-electron chi connectivity index (χ3n) is 4.57. The molecule has 2 heterocycles. The molecule has 9 heteroatoms. The smallest absolute Gasteiger partial charge is 0.416 e. The van der Waals surface area contributed by atoms with Crippen LogP contribution in [0.5, 0.6) is 5.75 Å². The summed E-state index contributed by atoms with van der Waals surface area (Å²) in [6.45, 7) is 5.07. The number of pyridine rings is 1. The van der Waals surface area contributed by atoms with Crippen molar-refractivity contribution in [1.29, 1.82) is 0 Å². The number of hydrogen-bond donors (Lipinski definition) is 3. The standard InChI is InChI=1S/C19H19F3N4O2/c1-10(18(2,3)28)24-17-14-9-23-7-6-12(14)16(25-26-17)13-5-4-11(8-15(13)27)19(20,21)22/h4-10,27-28H,1-3H3,(H,24,26)/t10-/m0/s1. The fourth-order valence-electron chi connectivity index (χ4n) is 2.59. The van der Waals surface area contributed by atoms with E-state index in [1.807, 2.05) is 0 Å². The molecule has 0 saturated heterocycles. The lowest BCUT2D eigenvalue weighted by Gasteiger charge is -2.27. The van der Waals surface area contributed by atoms with Gasteiger partial charge in [-0.05, 0) is 45.0 Å². The number of hydrogen-bond acceptors (Lipinski definition) is 6. The predicted octanol–water partition coefficient (Wildman–Crippen LogP) is 3.99. The van der Waals surface area contributed by atoms with Gasteiger partial charge < -0.3 is 15.5 Å². The number of alkyl halides is 3. The predicted molar refractivity (Wildman–Crippen MR) is 98.8 cm³/mol. The molecule has 0 spiro atoms. The van der Waals surface area contributed by atoms with E-state index in [0.717, 1.165) is 12.1 Å². The summed E-state index contributed by atoms with van der Waals surface area (Å²) in [4.78, 5) is 4.07. The van der Waals surface area contributed by atoms with Crippen LogP contribution in [-0.4, -0.2) is 37.0 Å². The van der Waals surface area contributed by atoms with Crippen LogP contribution < -0.4 is 5.32 Å². The van der Waals surface area contributed by atoms with Gasteiger partial charge in [-0.15, -0.1) is 10.2 Å². The van der Waals surface area contributed by atoms with E-state index in [-0.39, 0.29) is 17.3 Å². The van der Waals surface area contributed by atoms with Gasteiger partial charge in [0, 0.05) is 28.7 Å². The summed E-state index contributed by atoms with van der Waals surface area (Å²) in [5.74, 6) is -0.180. The number of aromatic nitrogens is 3. The summed E-state index contributed by atoms with van der Waals surface area (Å²) >= 11 is 0. The van der Waals surface area contributed by atoms with Crippen molar-refractivity contribution in [3.8, 4) is 17.0 Å². The summed E-state index contributed by atoms with van der Waals surface area (Å²) in [6.07, 6.45) is -1.51. The summed E-state index contributed by atoms with van der Waals surface area (Å²) in [5, 5.41) is 32.7. The van der Waals surface area contributed by atoms with Gasteiger partial charge in [0.05, 0.1) is 17.2 Å². The second kappa shape index (κ2) is 6.90. The first kappa shape index (κ1) is 19.8. The molecule has 0 amide bonds. The SMILES string of the molecule is C[C@H](Nc1nnc(-c2ccc(C(F)(F)F)cc2O)c2ccncc12)C(C)(C)O. The number of phenolic OH excluding ortho intramolecular Hbond substituents is 1. The third kappa shape index (κ3) is 3.84. The lowest BCUT2D eigenvalue weighted by atomic mass is 10.00. The van der Waals surface area contributed by atoms with E-state index >= 15 is 0 Å². The van der Waals surface area contributed by atoms with Crippen molar-refractivity contribution in [3.05, 3.63) is 42.2 Å². The Kier molecular flexibility index (Phi) is 4.88. The van der Waals surface area contributed by atoms with Crippen LogP contribution in [0.1, 0.15) is 26.3 Å². The zero-order chi connectivity index (χ0) is 20.7. The number of rotatable bonds is 4. The molecular weight excluding hydrogens is 373 g/mol. The van der Waals surface area contributed by atoms with Crippen molar-refractivity contribution >= 4 is 16.6 Å². The van der Waals surface area contributed by atoms with Crippen LogP contribution in [0.4, 0.5) is 19.0 Å². The second-order valence-electron chi connectivity index (χ2n) is 7.07. The first-order chi connectivity index (χ1) is 13.0. The van der Waals surface area contributed by atoms with Crippen molar-refractivity contribution < 1.29 is 23.4 Å². The van der Waals surface area contributed by atoms with E-state index in [1.54, 1.807) is 26.8 Å². The van der Waals surface area contributed by atoms with E-state index in [1.165, 1.54) is 12.4 Å². The Morgan fingerprint density at radius 1 is 1.07 bits per heavy atom. The average molecular weight is 392 g/mol. The molecule has 1 aromatic carbocycles. The molecule has 3 rings (SSSR count). The number of anilines is 1. The first-order valence-electron chi connectivity index (χ1n) is 8.48. The monoisotopic (exact) mass is 392 g/mol. The molecule has 0 aliphatic heterocycles. The maximum atomic E-state index is 12.8. The van der Waals surface area contributed by atoms with Crippen molar-refractivity contribution in [1.82, 2.24) is 15.2 Å². The number of aromatic hydroxyl groups is 1. The van der Waals surface area contributed by atoms with Gasteiger partial charge in [-0.3, -0.25) is 4.98 Å². The molecule has 0 unspecified atom stereocenters.